The second-order valence-electron chi connectivity index (χ2n) is 4.62. The maximum absolute atomic E-state index is 4.57. The summed E-state index contributed by atoms with van der Waals surface area (Å²) in [5, 5.41) is 4.49. The van der Waals surface area contributed by atoms with Crippen LogP contribution in [-0.4, -0.2) is 36.6 Å². The van der Waals surface area contributed by atoms with Gasteiger partial charge in [-0.1, -0.05) is 23.5 Å². The predicted octanol–water partition coefficient (Wildman–Crippen LogP) is 3.05. The van der Waals surface area contributed by atoms with E-state index in [1.807, 2.05) is 6.07 Å². The van der Waals surface area contributed by atoms with E-state index in [2.05, 4.69) is 54.4 Å². The number of nitrogens with zero attached hydrogens (tertiary/aromatic N) is 2. The fourth-order valence-corrected chi connectivity index (χ4v) is 2.65. The number of nitrogens with one attached hydrogen (secondary N) is 1. The van der Waals surface area contributed by atoms with Crippen molar-refractivity contribution in [2.24, 2.45) is 0 Å². The summed E-state index contributed by atoms with van der Waals surface area (Å²) in [5.41, 5.74) is 1.08. The topological polar surface area (TPSA) is 28.2 Å². The average Bonchev–Trinajstić information content (AvgIpc) is 2.68. The quantitative estimate of drug-likeness (QED) is 0.882. The van der Waals surface area contributed by atoms with E-state index in [-0.39, 0.29) is 0 Å². The lowest BCUT2D eigenvalue weighted by Crippen LogP contribution is -2.22. The van der Waals surface area contributed by atoms with Gasteiger partial charge in [-0.2, -0.15) is 0 Å². The van der Waals surface area contributed by atoms with Gasteiger partial charge in [0.2, 0.25) is 0 Å². The first-order valence-electron chi connectivity index (χ1n) is 5.92. The molecular formula is C13H19N3S. The Morgan fingerprint density at radius 1 is 1.35 bits per heavy atom. The molecule has 0 radical (unpaired) electrons. The summed E-state index contributed by atoms with van der Waals surface area (Å²) in [6.07, 6.45) is 1.13. The second kappa shape index (κ2) is 5.47. The Balaban J connectivity index is 1.98. The average molecular weight is 249 g/mol. The van der Waals surface area contributed by atoms with E-state index in [1.165, 1.54) is 4.70 Å². The van der Waals surface area contributed by atoms with Crippen LogP contribution < -0.4 is 5.32 Å². The smallest absolute Gasteiger partial charge is 0.183 e. The molecule has 92 valence electrons. The van der Waals surface area contributed by atoms with Gasteiger partial charge in [-0.3, -0.25) is 0 Å². The van der Waals surface area contributed by atoms with Gasteiger partial charge < -0.3 is 10.2 Å². The molecule has 2 rings (SSSR count). The summed E-state index contributed by atoms with van der Waals surface area (Å²) >= 11 is 1.72. The zero-order valence-corrected chi connectivity index (χ0v) is 11.4. The molecule has 2 aromatic rings. The van der Waals surface area contributed by atoms with Crippen molar-refractivity contribution in [3.05, 3.63) is 24.3 Å². The van der Waals surface area contributed by atoms with Crippen LogP contribution in [0.2, 0.25) is 0 Å². The normalized spacial score (nSPS) is 13.2. The zero-order chi connectivity index (χ0) is 12.3. The maximum atomic E-state index is 4.57. The highest BCUT2D eigenvalue weighted by atomic mass is 32.1. The Kier molecular flexibility index (Phi) is 3.97. The molecule has 0 saturated carbocycles. The molecule has 0 aliphatic rings. The largest absolute Gasteiger partial charge is 0.359 e. The predicted molar refractivity (Wildman–Crippen MR) is 75.9 cm³/mol. The molecule has 1 heterocycles. The number of benzene rings is 1. The minimum absolute atomic E-state index is 0.456. The first kappa shape index (κ1) is 12.3. The number of thiazole rings is 1. The third-order valence-corrected chi connectivity index (χ3v) is 3.64. The monoisotopic (exact) mass is 249 g/mol. The van der Waals surface area contributed by atoms with Crippen molar-refractivity contribution in [3.63, 3.8) is 0 Å². The van der Waals surface area contributed by atoms with E-state index in [4.69, 9.17) is 0 Å². The molecular weight excluding hydrogens is 230 g/mol. The number of fused-ring (bicyclic) bond motifs is 1. The lowest BCUT2D eigenvalue weighted by molar-refractivity contribution is 0.390. The Bertz CT molecular complexity index is 445. The highest BCUT2D eigenvalue weighted by Gasteiger charge is 2.07. The lowest BCUT2D eigenvalue weighted by Gasteiger charge is -2.15. The van der Waals surface area contributed by atoms with Crippen molar-refractivity contribution in [2.75, 3.05) is 26.0 Å². The highest BCUT2D eigenvalue weighted by molar-refractivity contribution is 7.22. The van der Waals surface area contributed by atoms with Crippen molar-refractivity contribution in [1.29, 1.82) is 0 Å². The standard InChI is InChI=1S/C13H19N3S/c1-10(8-9-16(2)3)14-13-15-11-6-4-5-7-12(11)17-13/h4-7,10H,8-9H2,1-3H3,(H,14,15). The van der Waals surface area contributed by atoms with Gasteiger partial charge in [-0.05, 0) is 46.1 Å². The summed E-state index contributed by atoms with van der Waals surface area (Å²) in [6, 6.07) is 8.71. The molecule has 0 fully saturated rings. The van der Waals surface area contributed by atoms with Crippen LogP contribution in [0.3, 0.4) is 0 Å². The molecule has 0 spiro atoms. The van der Waals surface area contributed by atoms with Crippen molar-refractivity contribution < 1.29 is 0 Å². The van der Waals surface area contributed by atoms with Gasteiger partial charge in [0.15, 0.2) is 5.13 Å². The molecule has 3 nitrogen and oxygen atoms in total. The highest BCUT2D eigenvalue weighted by Crippen LogP contribution is 2.25. The maximum Gasteiger partial charge on any atom is 0.183 e. The minimum Gasteiger partial charge on any atom is -0.359 e. The number of para-hydroxylation sites is 1. The molecule has 17 heavy (non-hydrogen) atoms. The molecule has 1 atom stereocenters. The fourth-order valence-electron chi connectivity index (χ4n) is 1.67. The van der Waals surface area contributed by atoms with Crippen LogP contribution >= 0.6 is 11.3 Å². The summed E-state index contributed by atoms with van der Waals surface area (Å²) < 4.78 is 1.25. The molecule has 1 N–H and O–H groups in total. The number of aromatic nitrogens is 1. The molecule has 0 aliphatic carbocycles. The zero-order valence-electron chi connectivity index (χ0n) is 10.6. The van der Waals surface area contributed by atoms with Crippen LogP contribution in [0.1, 0.15) is 13.3 Å². The summed E-state index contributed by atoms with van der Waals surface area (Å²) in [6.45, 7) is 3.30. The van der Waals surface area contributed by atoms with Gasteiger partial charge in [-0.25, -0.2) is 4.98 Å². The van der Waals surface area contributed by atoms with Gasteiger partial charge in [-0.15, -0.1) is 0 Å². The van der Waals surface area contributed by atoms with Gasteiger partial charge in [0, 0.05) is 6.04 Å². The molecule has 0 amide bonds. The Hall–Kier alpha value is -1.13. The molecule has 1 aromatic heterocycles. The number of anilines is 1. The van der Waals surface area contributed by atoms with Crippen LogP contribution in [0, 0.1) is 0 Å². The van der Waals surface area contributed by atoms with E-state index in [1.54, 1.807) is 11.3 Å². The molecule has 0 saturated heterocycles. The summed E-state index contributed by atoms with van der Waals surface area (Å²) in [4.78, 5) is 6.78. The summed E-state index contributed by atoms with van der Waals surface area (Å²) in [7, 11) is 4.20. The van der Waals surface area contributed by atoms with Crippen molar-refractivity contribution in [3.8, 4) is 0 Å². The number of hydrogen-bond acceptors (Lipinski definition) is 4. The fraction of sp³-hybridized carbons (Fsp3) is 0.462. The number of rotatable bonds is 5. The molecule has 4 heteroatoms. The van der Waals surface area contributed by atoms with Crippen molar-refractivity contribution in [1.82, 2.24) is 9.88 Å². The van der Waals surface area contributed by atoms with Crippen molar-refractivity contribution >= 4 is 26.7 Å². The van der Waals surface area contributed by atoms with Gasteiger partial charge in [0.05, 0.1) is 10.2 Å². The van der Waals surface area contributed by atoms with Gasteiger partial charge in [0.25, 0.3) is 0 Å². The summed E-state index contributed by atoms with van der Waals surface area (Å²) in [5.74, 6) is 0. The molecule has 0 bridgehead atoms. The van der Waals surface area contributed by atoms with Gasteiger partial charge >= 0.3 is 0 Å². The molecule has 1 unspecified atom stereocenters. The first-order valence-corrected chi connectivity index (χ1v) is 6.73. The third kappa shape index (κ3) is 3.41. The van der Waals surface area contributed by atoms with Crippen LogP contribution in [0.5, 0.6) is 0 Å². The van der Waals surface area contributed by atoms with E-state index in [9.17, 15) is 0 Å². The van der Waals surface area contributed by atoms with Crippen LogP contribution in [-0.2, 0) is 0 Å². The Morgan fingerprint density at radius 3 is 2.82 bits per heavy atom. The Labute approximate surface area is 106 Å². The van der Waals surface area contributed by atoms with E-state index >= 15 is 0 Å². The third-order valence-electron chi connectivity index (χ3n) is 2.67. The van der Waals surface area contributed by atoms with Crippen molar-refractivity contribution in [2.45, 2.75) is 19.4 Å². The van der Waals surface area contributed by atoms with Crippen LogP contribution in [0.15, 0.2) is 24.3 Å². The van der Waals surface area contributed by atoms with Gasteiger partial charge in [0.1, 0.15) is 0 Å². The van der Waals surface area contributed by atoms with E-state index in [0.717, 1.165) is 23.6 Å². The lowest BCUT2D eigenvalue weighted by atomic mass is 10.2. The van der Waals surface area contributed by atoms with Crippen LogP contribution in [0.25, 0.3) is 10.2 Å². The SMILES string of the molecule is CC(CCN(C)C)Nc1nc2ccccc2s1. The van der Waals surface area contributed by atoms with Crippen LogP contribution in [0.4, 0.5) is 5.13 Å². The van der Waals surface area contributed by atoms with E-state index < -0.39 is 0 Å². The number of hydrogen-bond donors (Lipinski definition) is 1. The first-order chi connectivity index (χ1) is 8.15. The second-order valence-corrected chi connectivity index (χ2v) is 5.65. The van der Waals surface area contributed by atoms with E-state index in [0.29, 0.717) is 6.04 Å². The molecule has 1 aromatic carbocycles. The minimum atomic E-state index is 0.456. The Morgan fingerprint density at radius 2 is 2.12 bits per heavy atom. The molecule has 0 aliphatic heterocycles.